The second-order valence-electron chi connectivity index (χ2n) is 5.89. The minimum absolute atomic E-state index is 0.101. The van der Waals surface area contributed by atoms with E-state index in [1.165, 1.54) is 37.8 Å². The van der Waals surface area contributed by atoms with Gasteiger partial charge >= 0.3 is 0 Å². The highest BCUT2D eigenvalue weighted by atomic mass is 19.1. The van der Waals surface area contributed by atoms with E-state index in [-0.39, 0.29) is 12.4 Å². The van der Waals surface area contributed by atoms with Crippen molar-refractivity contribution in [1.82, 2.24) is 4.90 Å². The first kappa shape index (κ1) is 13.8. The normalized spacial score (nSPS) is 21.6. The molecule has 1 aliphatic heterocycles. The van der Waals surface area contributed by atoms with E-state index in [0.717, 1.165) is 37.9 Å². The molecule has 20 heavy (non-hydrogen) atoms. The number of hydrogen-bond acceptors (Lipinski definition) is 3. The maximum Gasteiger partial charge on any atom is 0.123 e. The van der Waals surface area contributed by atoms with Gasteiger partial charge in [0.2, 0.25) is 0 Å². The number of piperazine rings is 1. The zero-order valence-electron chi connectivity index (χ0n) is 11.9. The molecule has 0 amide bonds. The van der Waals surface area contributed by atoms with Gasteiger partial charge in [0.05, 0.1) is 6.61 Å². The van der Waals surface area contributed by atoms with Crippen LogP contribution < -0.4 is 4.90 Å². The maximum atomic E-state index is 13.2. The van der Waals surface area contributed by atoms with Crippen molar-refractivity contribution in [3.05, 3.63) is 29.6 Å². The molecule has 1 aliphatic carbocycles. The third kappa shape index (κ3) is 2.81. The average molecular weight is 278 g/mol. The second kappa shape index (κ2) is 6.10. The number of benzene rings is 1. The first-order valence-electron chi connectivity index (χ1n) is 7.66. The molecule has 0 aromatic heterocycles. The molecule has 1 heterocycles. The monoisotopic (exact) mass is 278 g/mol. The predicted octanol–water partition coefficient (Wildman–Crippen LogP) is 2.38. The third-order valence-electron chi connectivity index (χ3n) is 4.71. The van der Waals surface area contributed by atoms with Crippen LogP contribution in [0.2, 0.25) is 0 Å². The topological polar surface area (TPSA) is 26.7 Å². The van der Waals surface area contributed by atoms with E-state index < -0.39 is 0 Å². The number of aliphatic hydroxyl groups excluding tert-OH is 1. The van der Waals surface area contributed by atoms with Crippen molar-refractivity contribution in [2.75, 3.05) is 31.1 Å². The molecule has 1 aromatic rings. The van der Waals surface area contributed by atoms with Gasteiger partial charge in [0.15, 0.2) is 0 Å². The van der Waals surface area contributed by atoms with Crippen LogP contribution in [0.3, 0.4) is 0 Å². The fourth-order valence-corrected chi connectivity index (χ4v) is 3.59. The first-order valence-corrected chi connectivity index (χ1v) is 7.66. The van der Waals surface area contributed by atoms with Gasteiger partial charge in [-0.25, -0.2) is 4.39 Å². The van der Waals surface area contributed by atoms with Gasteiger partial charge in [-0.2, -0.15) is 0 Å². The van der Waals surface area contributed by atoms with Gasteiger partial charge in [-0.3, -0.25) is 4.90 Å². The molecule has 1 N–H and O–H groups in total. The van der Waals surface area contributed by atoms with Gasteiger partial charge in [-0.1, -0.05) is 12.8 Å². The predicted molar refractivity (Wildman–Crippen MR) is 78.4 cm³/mol. The maximum absolute atomic E-state index is 13.2. The number of nitrogens with zero attached hydrogens (tertiary/aromatic N) is 2. The smallest absolute Gasteiger partial charge is 0.123 e. The van der Waals surface area contributed by atoms with Crippen molar-refractivity contribution in [3.63, 3.8) is 0 Å². The zero-order chi connectivity index (χ0) is 13.9. The summed E-state index contributed by atoms with van der Waals surface area (Å²) in [7, 11) is 0. The summed E-state index contributed by atoms with van der Waals surface area (Å²) in [4.78, 5) is 4.88. The molecule has 0 bridgehead atoms. The Balaban J connectivity index is 1.65. The molecular weight excluding hydrogens is 255 g/mol. The molecule has 0 unspecified atom stereocenters. The van der Waals surface area contributed by atoms with Crippen LogP contribution in [0.15, 0.2) is 18.2 Å². The van der Waals surface area contributed by atoms with E-state index >= 15 is 0 Å². The van der Waals surface area contributed by atoms with Crippen LogP contribution in [0.4, 0.5) is 10.1 Å². The van der Waals surface area contributed by atoms with E-state index in [9.17, 15) is 9.50 Å². The molecule has 4 heteroatoms. The lowest BCUT2D eigenvalue weighted by molar-refractivity contribution is 0.187. The molecule has 1 aromatic carbocycles. The van der Waals surface area contributed by atoms with E-state index in [1.54, 1.807) is 6.07 Å². The molecule has 2 fully saturated rings. The molecule has 0 atom stereocenters. The Bertz CT molecular complexity index is 452. The molecule has 0 radical (unpaired) electrons. The molecule has 1 saturated carbocycles. The quantitative estimate of drug-likeness (QED) is 0.919. The van der Waals surface area contributed by atoms with E-state index in [2.05, 4.69) is 9.80 Å². The van der Waals surface area contributed by atoms with Gasteiger partial charge < -0.3 is 10.0 Å². The van der Waals surface area contributed by atoms with Gasteiger partial charge in [0, 0.05) is 43.5 Å². The van der Waals surface area contributed by atoms with Crippen LogP contribution in [0.5, 0.6) is 0 Å². The lowest BCUT2D eigenvalue weighted by Gasteiger charge is -2.39. The Hall–Kier alpha value is -1.13. The van der Waals surface area contributed by atoms with Crippen molar-refractivity contribution >= 4 is 5.69 Å². The van der Waals surface area contributed by atoms with Crippen LogP contribution in [0, 0.1) is 5.82 Å². The van der Waals surface area contributed by atoms with Crippen molar-refractivity contribution < 1.29 is 9.50 Å². The van der Waals surface area contributed by atoms with Gasteiger partial charge in [0.25, 0.3) is 0 Å². The summed E-state index contributed by atoms with van der Waals surface area (Å²) in [6, 6.07) is 5.51. The molecule has 2 aliphatic rings. The second-order valence-corrected chi connectivity index (χ2v) is 5.89. The summed E-state index contributed by atoms with van der Waals surface area (Å²) in [5.74, 6) is -0.276. The van der Waals surface area contributed by atoms with Gasteiger partial charge in [0.1, 0.15) is 5.82 Å². The minimum Gasteiger partial charge on any atom is -0.392 e. The fourth-order valence-electron chi connectivity index (χ4n) is 3.59. The number of aliphatic hydroxyl groups is 1. The lowest BCUT2D eigenvalue weighted by Crippen LogP contribution is -2.50. The lowest BCUT2D eigenvalue weighted by atomic mass is 10.1. The standard InChI is InChI=1S/C16H23FN2O/c17-14-5-6-16(13(11-14)12-20)19-9-7-18(8-10-19)15-3-1-2-4-15/h5-6,11,15,20H,1-4,7-10,12H2. The van der Waals surface area contributed by atoms with Crippen LogP contribution in [-0.4, -0.2) is 42.2 Å². The first-order chi connectivity index (χ1) is 9.78. The van der Waals surface area contributed by atoms with Crippen LogP contribution in [0.1, 0.15) is 31.2 Å². The van der Waals surface area contributed by atoms with E-state index in [4.69, 9.17) is 0 Å². The molecule has 1 saturated heterocycles. The molecule has 110 valence electrons. The number of rotatable bonds is 3. The van der Waals surface area contributed by atoms with Crippen molar-refractivity contribution in [2.45, 2.75) is 38.3 Å². The molecule has 3 rings (SSSR count). The summed E-state index contributed by atoms with van der Waals surface area (Å²) in [5.41, 5.74) is 1.68. The highest BCUT2D eigenvalue weighted by molar-refractivity contribution is 5.54. The Morgan fingerprint density at radius 3 is 2.45 bits per heavy atom. The Labute approximate surface area is 120 Å². The molecule has 0 spiro atoms. The highest BCUT2D eigenvalue weighted by Gasteiger charge is 2.26. The highest BCUT2D eigenvalue weighted by Crippen LogP contribution is 2.27. The molecule has 3 nitrogen and oxygen atoms in total. The summed E-state index contributed by atoms with van der Waals surface area (Å²) in [5, 5.41) is 9.39. The van der Waals surface area contributed by atoms with Crippen LogP contribution in [-0.2, 0) is 6.61 Å². The summed E-state index contributed by atoms with van der Waals surface area (Å²) in [6.45, 7) is 3.99. The fraction of sp³-hybridized carbons (Fsp3) is 0.625. The van der Waals surface area contributed by atoms with Gasteiger partial charge in [-0.05, 0) is 31.0 Å². The summed E-state index contributed by atoms with van der Waals surface area (Å²) in [6.07, 6.45) is 5.44. The SMILES string of the molecule is OCc1cc(F)ccc1N1CCN(C2CCCC2)CC1. The molecular formula is C16H23FN2O. The van der Waals surface area contributed by atoms with E-state index in [0.29, 0.717) is 5.56 Å². The zero-order valence-corrected chi connectivity index (χ0v) is 11.9. The Kier molecular flexibility index (Phi) is 4.22. The van der Waals surface area contributed by atoms with Crippen molar-refractivity contribution in [2.24, 2.45) is 0 Å². The minimum atomic E-state index is -0.276. The number of anilines is 1. The summed E-state index contributed by atoms with van der Waals surface area (Å²) < 4.78 is 13.2. The number of halogens is 1. The summed E-state index contributed by atoms with van der Waals surface area (Å²) >= 11 is 0. The largest absolute Gasteiger partial charge is 0.392 e. The van der Waals surface area contributed by atoms with Crippen molar-refractivity contribution in [3.8, 4) is 0 Å². The van der Waals surface area contributed by atoms with Crippen LogP contribution >= 0.6 is 0 Å². The Morgan fingerprint density at radius 1 is 1.10 bits per heavy atom. The number of hydrogen-bond donors (Lipinski definition) is 1. The third-order valence-corrected chi connectivity index (χ3v) is 4.71. The average Bonchev–Trinajstić information content (AvgIpc) is 3.01. The van der Waals surface area contributed by atoms with Crippen molar-refractivity contribution in [1.29, 1.82) is 0 Å². The Morgan fingerprint density at radius 2 is 1.80 bits per heavy atom. The van der Waals surface area contributed by atoms with E-state index in [1.807, 2.05) is 0 Å². The van der Waals surface area contributed by atoms with Crippen LogP contribution in [0.25, 0.3) is 0 Å². The van der Waals surface area contributed by atoms with Gasteiger partial charge in [-0.15, -0.1) is 0 Å².